The van der Waals surface area contributed by atoms with Gasteiger partial charge in [-0.05, 0) is 19.9 Å². The fraction of sp³-hybridized carbons (Fsp3) is 0.545. The first-order valence-electron chi connectivity index (χ1n) is 5.76. The number of ether oxygens (including phenoxy) is 1. The van der Waals surface area contributed by atoms with Gasteiger partial charge in [0, 0.05) is 25.9 Å². The van der Waals surface area contributed by atoms with Gasteiger partial charge in [-0.2, -0.15) is 0 Å². The number of carbonyl (C=O) groups is 1. The van der Waals surface area contributed by atoms with Crippen LogP contribution in [0.2, 0.25) is 0 Å². The van der Waals surface area contributed by atoms with Crippen molar-refractivity contribution in [2.45, 2.75) is 31.3 Å². The van der Waals surface area contributed by atoms with Gasteiger partial charge in [-0.1, -0.05) is 0 Å². The van der Waals surface area contributed by atoms with Gasteiger partial charge in [0.2, 0.25) is 10.0 Å². The van der Waals surface area contributed by atoms with E-state index in [2.05, 4.69) is 4.72 Å². The van der Waals surface area contributed by atoms with Gasteiger partial charge in [0.25, 0.3) is 0 Å². The van der Waals surface area contributed by atoms with Crippen molar-refractivity contribution in [3.63, 3.8) is 0 Å². The lowest BCUT2D eigenvalue weighted by Crippen LogP contribution is -2.35. The summed E-state index contributed by atoms with van der Waals surface area (Å²) in [5.41, 5.74) is -0.0535. The summed E-state index contributed by atoms with van der Waals surface area (Å²) < 4.78 is 32.7. The van der Waals surface area contributed by atoms with Crippen molar-refractivity contribution in [1.29, 1.82) is 0 Å². The number of aromatic carboxylic acids is 1. The van der Waals surface area contributed by atoms with Crippen LogP contribution in [-0.2, 0) is 21.3 Å². The average Bonchev–Trinajstić information content (AvgIpc) is 2.73. The molecule has 7 nitrogen and oxygen atoms in total. The van der Waals surface area contributed by atoms with Crippen LogP contribution in [0, 0.1) is 0 Å². The van der Waals surface area contributed by atoms with E-state index < -0.39 is 22.0 Å². The molecule has 1 aromatic heterocycles. The molecule has 1 rings (SSSR count). The van der Waals surface area contributed by atoms with Crippen LogP contribution in [0.1, 0.15) is 24.3 Å². The molecule has 0 saturated carbocycles. The van der Waals surface area contributed by atoms with Gasteiger partial charge in [0.1, 0.15) is 10.6 Å². The molecule has 1 unspecified atom stereocenters. The molecule has 0 spiro atoms. The maximum atomic E-state index is 12.0. The number of methoxy groups -OCH3 is 1. The van der Waals surface area contributed by atoms with Crippen molar-refractivity contribution < 1.29 is 23.1 Å². The Morgan fingerprint density at radius 3 is 2.63 bits per heavy atom. The number of carboxylic acid groups (broad SMARTS) is 1. The van der Waals surface area contributed by atoms with Crippen LogP contribution in [0.5, 0.6) is 0 Å². The number of hydrogen-bond donors (Lipinski definition) is 2. The lowest BCUT2D eigenvalue weighted by molar-refractivity contribution is 0.0685. The van der Waals surface area contributed by atoms with E-state index in [1.807, 2.05) is 0 Å². The first-order chi connectivity index (χ1) is 8.81. The van der Waals surface area contributed by atoms with Gasteiger partial charge in [0.05, 0.1) is 6.61 Å². The molecule has 19 heavy (non-hydrogen) atoms. The summed E-state index contributed by atoms with van der Waals surface area (Å²) in [7, 11) is -2.27. The van der Waals surface area contributed by atoms with Crippen LogP contribution >= 0.6 is 0 Å². The Kier molecular flexibility index (Phi) is 5.10. The average molecular weight is 290 g/mol. The van der Waals surface area contributed by atoms with Crippen LogP contribution in [-0.4, -0.2) is 43.8 Å². The normalized spacial score (nSPS) is 13.4. The van der Waals surface area contributed by atoms with Gasteiger partial charge < -0.3 is 14.4 Å². The topological polar surface area (TPSA) is 97.6 Å². The fourth-order valence-electron chi connectivity index (χ4n) is 1.69. The van der Waals surface area contributed by atoms with E-state index in [1.54, 1.807) is 13.8 Å². The first-order valence-corrected chi connectivity index (χ1v) is 7.24. The Bertz CT molecular complexity index is 549. The molecule has 1 atom stereocenters. The molecule has 8 heteroatoms. The number of aryl methyl sites for hydroxylation is 1. The van der Waals surface area contributed by atoms with E-state index in [4.69, 9.17) is 9.84 Å². The standard InChI is InChI=1S/C11H18N2O5S/c1-4-13-6-9(5-10(13)11(14)15)19(16,17)12-8(2)7-18-3/h5-6,8,12H,4,7H2,1-3H3,(H,14,15). The molecule has 1 aromatic rings. The zero-order valence-corrected chi connectivity index (χ0v) is 11.9. The second-order valence-electron chi connectivity index (χ2n) is 4.13. The van der Waals surface area contributed by atoms with E-state index >= 15 is 0 Å². The third-order valence-electron chi connectivity index (χ3n) is 2.51. The molecule has 0 fully saturated rings. The SMILES string of the molecule is CCn1cc(S(=O)(=O)NC(C)COC)cc1C(=O)O. The highest BCUT2D eigenvalue weighted by Gasteiger charge is 2.22. The molecular weight excluding hydrogens is 272 g/mol. The zero-order chi connectivity index (χ0) is 14.6. The highest BCUT2D eigenvalue weighted by Crippen LogP contribution is 2.15. The van der Waals surface area contributed by atoms with E-state index in [0.717, 1.165) is 6.07 Å². The summed E-state index contributed by atoms with van der Waals surface area (Å²) in [5, 5.41) is 8.99. The molecule has 0 saturated heterocycles. The Hall–Kier alpha value is -1.38. The Labute approximate surface area is 112 Å². The predicted molar refractivity (Wildman–Crippen MR) is 68.7 cm³/mol. The second-order valence-corrected chi connectivity index (χ2v) is 5.84. The molecule has 0 aliphatic rings. The van der Waals surface area contributed by atoms with E-state index in [-0.39, 0.29) is 17.2 Å². The molecule has 0 aliphatic carbocycles. The molecule has 0 aromatic carbocycles. The maximum Gasteiger partial charge on any atom is 0.352 e. The van der Waals surface area contributed by atoms with Crippen LogP contribution in [0.25, 0.3) is 0 Å². The van der Waals surface area contributed by atoms with Crippen molar-refractivity contribution in [2.75, 3.05) is 13.7 Å². The fourth-order valence-corrected chi connectivity index (χ4v) is 2.95. The van der Waals surface area contributed by atoms with Crippen LogP contribution in [0.4, 0.5) is 0 Å². The number of nitrogens with one attached hydrogen (secondary N) is 1. The number of rotatable bonds is 7. The van der Waals surface area contributed by atoms with Gasteiger partial charge >= 0.3 is 5.97 Å². The molecular formula is C11H18N2O5S. The predicted octanol–water partition coefficient (Wildman–Crippen LogP) is 0.519. The molecule has 0 amide bonds. The van der Waals surface area contributed by atoms with Crippen molar-refractivity contribution in [1.82, 2.24) is 9.29 Å². The van der Waals surface area contributed by atoms with Crippen LogP contribution < -0.4 is 4.72 Å². The Morgan fingerprint density at radius 1 is 1.58 bits per heavy atom. The maximum absolute atomic E-state index is 12.0. The summed E-state index contributed by atoms with van der Waals surface area (Å²) in [6, 6.07) is 0.751. The first kappa shape index (κ1) is 15.7. The minimum absolute atomic E-state index is 0.0535. The summed E-state index contributed by atoms with van der Waals surface area (Å²) in [5.74, 6) is -1.16. The highest BCUT2D eigenvalue weighted by atomic mass is 32.2. The van der Waals surface area contributed by atoms with Crippen molar-refractivity contribution >= 4 is 16.0 Å². The third kappa shape index (κ3) is 3.79. The number of aromatic nitrogens is 1. The van der Waals surface area contributed by atoms with E-state index in [1.165, 1.54) is 17.9 Å². The van der Waals surface area contributed by atoms with Gasteiger partial charge in [0.15, 0.2) is 0 Å². The van der Waals surface area contributed by atoms with Crippen molar-refractivity contribution in [3.05, 3.63) is 18.0 Å². The summed E-state index contributed by atoms with van der Waals surface area (Å²) in [6.45, 7) is 4.02. The molecule has 108 valence electrons. The van der Waals surface area contributed by atoms with E-state index in [9.17, 15) is 13.2 Å². The minimum atomic E-state index is -3.74. The lowest BCUT2D eigenvalue weighted by atomic mass is 10.4. The van der Waals surface area contributed by atoms with Crippen molar-refractivity contribution in [3.8, 4) is 0 Å². The Morgan fingerprint density at radius 2 is 2.21 bits per heavy atom. The lowest BCUT2D eigenvalue weighted by Gasteiger charge is -2.11. The smallest absolute Gasteiger partial charge is 0.352 e. The Balaban J connectivity index is 3.05. The van der Waals surface area contributed by atoms with Crippen LogP contribution in [0.15, 0.2) is 17.2 Å². The molecule has 1 heterocycles. The molecule has 0 aliphatic heterocycles. The molecule has 2 N–H and O–H groups in total. The molecule has 0 radical (unpaired) electrons. The second kappa shape index (κ2) is 6.18. The van der Waals surface area contributed by atoms with Gasteiger partial charge in [-0.25, -0.2) is 17.9 Å². The number of nitrogens with zero attached hydrogens (tertiary/aromatic N) is 1. The van der Waals surface area contributed by atoms with Crippen LogP contribution in [0.3, 0.4) is 0 Å². The third-order valence-corrected chi connectivity index (χ3v) is 4.07. The summed E-state index contributed by atoms with van der Waals surface area (Å²) in [6.07, 6.45) is 1.31. The minimum Gasteiger partial charge on any atom is -0.477 e. The summed E-state index contributed by atoms with van der Waals surface area (Å²) in [4.78, 5) is 10.9. The quantitative estimate of drug-likeness (QED) is 0.763. The molecule has 0 bridgehead atoms. The van der Waals surface area contributed by atoms with Gasteiger partial charge in [-0.15, -0.1) is 0 Å². The number of hydrogen-bond acceptors (Lipinski definition) is 4. The number of sulfonamides is 1. The highest BCUT2D eigenvalue weighted by molar-refractivity contribution is 7.89. The zero-order valence-electron chi connectivity index (χ0n) is 11.1. The number of carboxylic acids is 1. The monoisotopic (exact) mass is 290 g/mol. The van der Waals surface area contributed by atoms with E-state index in [0.29, 0.717) is 6.54 Å². The van der Waals surface area contributed by atoms with Gasteiger partial charge in [-0.3, -0.25) is 0 Å². The van der Waals surface area contributed by atoms with Crippen molar-refractivity contribution in [2.24, 2.45) is 0 Å². The summed E-state index contributed by atoms with van der Waals surface area (Å²) >= 11 is 0. The largest absolute Gasteiger partial charge is 0.477 e.